The van der Waals surface area contributed by atoms with Crippen molar-refractivity contribution < 1.29 is 8.42 Å². The first-order valence-electron chi connectivity index (χ1n) is 6.45. The van der Waals surface area contributed by atoms with Crippen LogP contribution in [0.25, 0.3) is 0 Å². The molecule has 0 aliphatic heterocycles. The minimum atomic E-state index is -3.47. The summed E-state index contributed by atoms with van der Waals surface area (Å²) in [7, 11) is -3.47. The fourth-order valence-corrected chi connectivity index (χ4v) is 3.74. The summed E-state index contributed by atoms with van der Waals surface area (Å²) in [5.41, 5.74) is 8.46. The highest BCUT2D eigenvalue weighted by atomic mass is 32.2. The van der Waals surface area contributed by atoms with Crippen LogP contribution in [0, 0.1) is 13.8 Å². The predicted octanol–water partition coefficient (Wildman–Crippen LogP) is 2.08. The molecule has 0 fully saturated rings. The standard InChI is InChI=1S/C14H19N3O2S/c1-4-17-12(8-11(3)16-17)9-20(18,19)14-7-10(2)5-6-13(14)15/h5-8H,4,9,15H2,1-3H3. The van der Waals surface area contributed by atoms with Gasteiger partial charge >= 0.3 is 0 Å². The Morgan fingerprint density at radius 2 is 1.95 bits per heavy atom. The summed E-state index contributed by atoms with van der Waals surface area (Å²) in [6.45, 7) is 6.27. The van der Waals surface area contributed by atoms with Crippen LogP contribution in [0.3, 0.4) is 0 Å². The van der Waals surface area contributed by atoms with Gasteiger partial charge in [-0.15, -0.1) is 0 Å². The molecule has 0 amide bonds. The summed E-state index contributed by atoms with van der Waals surface area (Å²) in [5, 5.41) is 4.27. The zero-order valence-corrected chi connectivity index (χ0v) is 12.7. The number of nitrogens with two attached hydrogens (primary N) is 1. The van der Waals surface area contributed by atoms with Crippen molar-refractivity contribution in [3.63, 3.8) is 0 Å². The minimum Gasteiger partial charge on any atom is -0.398 e. The van der Waals surface area contributed by atoms with E-state index in [4.69, 9.17) is 5.73 Å². The third-order valence-electron chi connectivity index (χ3n) is 3.13. The molecule has 108 valence electrons. The van der Waals surface area contributed by atoms with Gasteiger partial charge in [-0.25, -0.2) is 8.42 Å². The van der Waals surface area contributed by atoms with Gasteiger partial charge in [-0.3, -0.25) is 4.68 Å². The van der Waals surface area contributed by atoms with Crippen molar-refractivity contribution in [2.45, 2.75) is 38.0 Å². The molecule has 0 bridgehead atoms. The maximum Gasteiger partial charge on any atom is 0.186 e. The predicted molar refractivity (Wildman–Crippen MR) is 79.1 cm³/mol. The fourth-order valence-electron chi connectivity index (χ4n) is 2.17. The molecule has 1 heterocycles. The highest BCUT2D eigenvalue weighted by Gasteiger charge is 2.21. The van der Waals surface area contributed by atoms with E-state index < -0.39 is 9.84 Å². The van der Waals surface area contributed by atoms with Crippen LogP contribution in [0.4, 0.5) is 5.69 Å². The van der Waals surface area contributed by atoms with Gasteiger partial charge in [-0.05, 0) is 44.5 Å². The Bertz CT molecular complexity index is 733. The smallest absolute Gasteiger partial charge is 0.186 e. The molecular weight excluding hydrogens is 274 g/mol. The Morgan fingerprint density at radius 1 is 1.25 bits per heavy atom. The zero-order valence-electron chi connectivity index (χ0n) is 11.9. The average Bonchev–Trinajstić information content (AvgIpc) is 2.71. The molecule has 0 radical (unpaired) electrons. The van der Waals surface area contributed by atoms with E-state index in [0.29, 0.717) is 12.2 Å². The number of sulfone groups is 1. The maximum absolute atomic E-state index is 12.5. The van der Waals surface area contributed by atoms with Gasteiger partial charge in [0, 0.05) is 6.54 Å². The van der Waals surface area contributed by atoms with Gasteiger partial charge in [0.2, 0.25) is 0 Å². The van der Waals surface area contributed by atoms with Crippen molar-refractivity contribution in [1.82, 2.24) is 9.78 Å². The normalized spacial score (nSPS) is 11.8. The molecule has 0 aliphatic carbocycles. The van der Waals surface area contributed by atoms with Crippen LogP contribution in [0.1, 0.15) is 23.9 Å². The highest BCUT2D eigenvalue weighted by Crippen LogP contribution is 2.24. The molecule has 5 nitrogen and oxygen atoms in total. The van der Waals surface area contributed by atoms with Crippen LogP contribution >= 0.6 is 0 Å². The number of anilines is 1. The third-order valence-corrected chi connectivity index (χ3v) is 4.83. The molecule has 2 rings (SSSR count). The molecule has 2 N–H and O–H groups in total. The van der Waals surface area contributed by atoms with Gasteiger partial charge in [0.25, 0.3) is 0 Å². The van der Waals surface area contributed by atoms with Gasteiger partial charge in [0.1, 0.15) is 0 Å². The number of nitrogen functional groups attached to an aromatic ring is 1. The first kappa shape index (κ1) is 14.6. The lowest BCUT2D eigenvalue weighted by molar-refractivity contribution is 0.586. The van der Waals surface area contributed by atoms with E-state index in [0.717, 1.165) is 11.3 Å². The third kappa shape index (κ3) is 2.85. The van der Waals surface area contributed by atoms with Gasteiger partial charge in [0.05, 0.1) is 27.7 Å². The second-order valence-corrected chi connectivity index (χ2v) is 6.85. The van der Waals surface area contributed by atoms with Crippen LogP contribution in [-0.2, 0) is 22.1 Å². The van der Waals surface area contributed by atoms with Crippen LogP contribution in [0.5, 0.6) is 0 Å². The number of aromatic nitrogens is 2. The van der Waals surface area contributed by atoms with Crippen molar-refractivity contribution in [2.75, 3.05) is 5.73 Å². The Balaban J connectivity index is 2.43. The minimum absolute atomic E-state index is 0.0880. The second kappa shape index (κ2) is 5.28. The number of hydrogen-bond acceptors (Lipinski definition) is 4. The summed E-state index contributed by atoms with van der Waals surface area (Å²) in [4.78, 5) is 0.194. The molecule has 0 atom stereocenters. The molecule has 0 saturated carbocycles. The molecule has 6 heteroatoms. The van der Waals surface area contributed by atoms with E-state index in [1.807, 2.05) is 20.8 Å². The van der Waals surface area contributed by atoms with E-state index in [1.54, 1.807) is 28.9 Å². The average molecular weight is 293 g/mol. The highest BCUT2D eigenvalue weighted by molar-refractivity contribution is 7.90. The molecule has 0 unspecified atom stereocenters. The maximum atomic E-state index is 12.5. The SMILES string of the molecule is CCn1nc(C)cc1CS(=O)(=O)c1cc(C)ccc1N. The number of benzene rings is 1. The number of hydrogen-bond donors (Lipinski definition) is 1. The molecule has 0 aliphatic rings. The molecule has 1 aromatic carbocycles. The molecule has 2 aromatic rings. The summed E-state index contributed by atoms with van der Waals surface area (Å²) in [6, 6.07) is 6.84. The van der Waals surface area contributed by atoms with E-state index >= 15 is 0 Å². The Kier molecular flexibility index (Phi) is 3.85. The number of rotatable bonds is 4. The Morgan fingerprint density at radius 3 is 2.60 bits per heavy atom. The Labute approximate surface area is 119 Å². The molecular formula is C14H19N3O2S. The first-order chi connectivity index (χ1) is 9.33. The van der Waals surface area contributed by atoms with Gasteiger partial charge < -0.3 is 5.73 Å². The van der Waals surface area contributed by atoms with E-state index in [9.17, 15) is 8.42 Å². The lowest BCUT2D eigenvalue weighted by Crippen LogP contribution is -2.12. The summed E-state index contributed by atoms with van der Waals surface area (Å²) < 4.78 is 26.8. The van der Waals surface area contributed by atoms with Crippen molar-refractivity contribution in [3.8, 4) is 0 Å². The summed E-state index contributed by atoms with van der Waals surface area (Å²) in [6.07, 6.45) is 0. The fraction of sp³-hybridized carbons (Fsp3) is 0.357. The summed E-state index contributed by atoms with van der Waals surface area (Å²) >= 11 is 0. The summed E-state index contributed by atoms with van der Waals surface area (Å²) in [5.74, 6) is -0.0880. The van der Waals surface area contributed by atoms with Gasteiger partial charge in [-0.2, -0.15) is 5.10 Å². The van der Waals surface area contributed by atoms with Crippen LogP contribution in [0.2, 0.25) is 0 Å². The molecule has 0 saturated heterocycles. The van der Waals surface area contributed by atoms with Crippen LogP contribution < -0.4 is 5.73 Å². The van der Waals surface area contributed by atoms with Gasteiger partial charge in [0.15, 0.2) is 9.84 Å². The van der Waals surface area contributed by atoms with Crippen molar-refractivity contribution in [2.24, 2.45) is 0 Å². The quantitative estimate of drug-likeness (QED) is 0.875. The topological polar surface area (TPSA) is 78.0 Å². The first-order valence-corrected chi connectivity index (χ1v) is 8.11. The van der Waals surface area contributed by atoms with Crippen molar-refractivity contribution in [3.05, 3.63) is 41.2 Å². The van der Waals surface area contributed by atoms with Crippen LogP contribution in [-0.4, -0.2) is 18.2 Å². The largest absolute Gasteiger partial charge is 0.398 e. The lowest BCUT2D eigenvalue weighted by atomic mass is 10.2. The Hall–Kier alpha value is -1.82. The second-order valence-electron chi connectivity index (χ2n) is 4.89. The molecule has 20 heavy (non-hydrogen) atoms. The van der Waals surface area contributed by atoms with E-state index in [2.05, 4.69) is 5.10 Å². The monoisotopic (exact) mass is 293 g/mol. The lowest BCUT2D eigenvalue weighted by Gasteiger charge is -2.09. The van der Waals surface area contributed by atoms with Crippen LogP contribution in [0.15, 0.2) is 29.2 Å². The van der Waals surface area contributed by atoms with Crippen molar-refractivity contribution in [1.29, 1.82) is 0 Å². The number of aryl methyl sites for hydroxylation is 3. The van der Waals surface area contributed by atoms with Crippen molar-refractivity contribution >= 4 is 15.5 Å². The number of nitrogens with zero attached hydrogens (tertiary/aromatic N) is 2. The van der Waals surface area contributed by atoms with E-state index in [-0.39, 0.29) is 16.3 Å². The molecule has 1 aromatic heterocycles. The molecule has 0 spiro atoms. The zero-order chi connectivity index (χ0) is 14.9. The van der Waals surface area contributed by atoms with E-state index in [1.165, 1.54) is 0 Å². The van der Waals surface area contributed by atoms with Gasteiger partial charge in [-0.1, -0.05) is 6.07 Å².